The number of rotatable bonds is 7. The molecule has 2 rings (SSSR count). The van der Waals surface area contributed by atoms with Gasteiger partial charge in [0.2, 0.25) is 10.0 Å². The fourth-order valence-corrected chi connectivity index (χ4v) is 3.97. The summed E-state index contributed by atoms with van der Waals surface area (Å²) >= 11 is 0. The van der Waals surface area contributed by atoms with E-state index in [1.54, 1.807) is 30.7 Å². The fourth-order valence-electron chi connectivity index (χ4n) is 2.07. The topological polar surface area (TPSA) is 63.2 Å². The molecule has 2 aromatic rings. The number of pyridine rings is 2. The molecular formula is C16H21N3O2S. The van der Waals surface area contributed by atoms with Gasteiger partial charge in [0.05, 0.1) is 23.7 Å². The standard InChI is InChI=1S/C16H21N3O2S/c1-3-14(2)13-22(20,21)19(16-7-10-17-11-8-16)12-15-6-4-5-9-18-15/h4-11,14H,3,12-13H2,1-2H3. The van der Waals surface area contributed by atoms with Gasteiger partial charge >= 0.3 is 0 Å². The Kier molecular flexibility index (Phi) is 5.49. The van der Waals surface area contributed by atoms with Crippen LogP contribution < -0.4 is 4.31 Å². The molecule has 0 saturated heterocycles. The molecule has 0 fully saturated rings. The molecule has 2 aromatic heterocycles. The minimum Gasteiger partial charge on any atom is -0.265 e. The van der Waals surface area contributed by atoms with Crippen LogP contribution in [0.25, 0.3) is 0 Å². The van der Waals surface area contributed by atoms with Crippen LogP contribution in [0.5, 0.6) is 0 Å². The normalized spacial score (nSPS) is 12.8. The molecule has 0 radical (unpaired) electrons. The monoisotopic (exact) mass is 319 g/mol. The first-order chi connectivity index (χ1) is 10.5. The van der Waals surface area contributed by atoms with Gasteiger partial charge in [-0.2, -0.15) is 0 Å². The summed E-state index contributed by atoms with van der Waals surface area (Å²) in [6.07, 6.45) is 5.69. The molecule has 2 heterocycles. The molecule has 5 nitrogen and oxygen atoms in total. The molecule has 22 heavy (non-hydrogen) atoms. The van der Waals surface area contributed by atoms with Crippen LogP contribution in [0.2, 0.25) is 0 Å². The third-order valence-electron chi connectivity index (χ3n) is 3.51. The largest absolute Gasteiger partial charge is 0.265 e. The lowest BCUT2D eigenvalue weighted by Crippen LogP contribution is -2.34. The zero-order chi connectivity index (χ0) is 16.0. The molecular weight excluding hydrogens is 298 g/mol. The second-order valence-electron chi connectivity index (χ2n) is 5.33. The van der Waals surface area contributed by atoms with Crippen molar-refractivity contribution in [1.82, 2.24) is 9.97 Å². The number of hydrogen-bond donors (Lipinski definition) is 0. The Morgan fingerprint density at radius 1 is 1.14 bits per heavy atom. The zero-order valence-electron chi connectivity index (χ0n) is 12.9. The lowest BCUT2D eigenvalue weighted by Gasteiger charge is -2.25. The highest BCUT2D eigenvalue weighted by Crippen LogP contribution is 2.21. The van der Waals surface area contributed by atoms with Gasteiger partial charge in [0.15, 0.2) is 0 Å². The Balaban J connectivity index is 2.34. The van der Waals surface area contributed by atoms with Gasteiger partial charge in [-0.15, -0.1) is 0 Å². The molecule has 0 aliphatic heterocycles. The van der Waals surface area contributed by atoms with Crippen LogP contribution in [0, 0.1) is 5.92 Å². The van der Waals surface area contributed by atoms with Gasteiger partial charge in [-0.1, -0.05) is 26.3 Å². The molecule has 0 bridgehead atoms. The van der Waals surface area contributed by atoms with Gasteiger partial charge in [0.1, 0.15) is 0 Å². The van der Waals surface area contributed by atoms with Gasteiger partial charge in [0.25, 0.3) is 0 Å². The highest BCUT2D eigenvalue weighted by Gasteiger charge is 2.25. The van der Waals surface area contributed by atoms with Crippen molar-refractivity contribution >= 4 is 15.7 Å². The quantitative estimate of drug-likeness (QED) is 0.787. The molecule has 0 amide bonds. The summed E-state index contributed by atoms with van der Waals surface area (Å²) < 4.78 is 27.0. The Morgan fingerprint density at radius 3 is 2.45 bits per heavy atom. The van der Waals surface area contributed by atoms with E-state index in [2.05, 4.69) is 9.97 Å². The van der Waals surface area contributed by atoms with E-state index in [4.69, 9.17) is 0 Å². The van der Waals surface area contributed by atoms with Crippen molar-refractivity contribution < 1.29 is 8.42 Å². The average Bonchev–Trinajstić information content (AvgIpc) is 2.53. The van der Waals surface area contributed by atoms with E-state index in [1.807, 2.05) is 32.0 Å². The van der Waals surface area contributed by atoms with Crippen LogP contribution in [0.15, 0.2) is 48.9 Å². The van der Waals surface area contributed by atoms with Crippen LogP contribution in [0.4, 0.5) is 5.69 Å². The lowest BCUT2D eigenvalue weighted by molar-refractivity contribution is 0.559. The summed E-state index contributed by atoms with van der Waals surface area (Å²) in [7, 11) is -3.42. The maximum absolute atomic E-state index is 12.8. The molecule has 118 valence electrons. The minimum atomic E-state index is -3.42. The highest BCUT2D eigenvalue weighted by molar-refractivity contribution is 7.92. The van der Waals surface area contributed by atoms with E-state index in [0.29, 0.717) is 11.4 Å². The number of anilines is 1. The Hall–Kier alpha value is -1.95. The molecule has 0 aromatic carbocycles. The molecule has 1 unspecified atom stereocenters. The predicted molar refractivity (Wildman–Crippen MR) is 87.9 cm³/mol. The molecule has 0 aliphatic rings. The lowest BCUT2D eigenvalue weighted by atomic mass is 10.2. The average molecular weight is 319 g/mol. The third kappa shape index (κ3) is 4.27. The zero-order valence-corrected chi connectivity index (χ0v) is 13.7. The van der Waals surface area contributed by atoms with Crippen LogP contribution in [0.3, 0.4) is 0 Å². The van der Waals surface area contributed by atoms with Crippen molar-refractivity contribution in [2.45, 2.75) is 26.8 Å². The third-order valence-corrected chi connectivity index (χ3v) is 5.51. The number of hydrogen-bond acceptors (Lipinski definition) is 4. The Bertz CT molecular complexity index is 675. The first-order valence-corrected chi connectivity index (χ1v) is 8.94. The van der Waals surface area contributed by atoms with Crippen molar-refractivity contribution in [2.75, 3.05) is 10.1 Å². The molecule has 0 saturated carbocycles. The van der Waals surface area contributed by atoms with E-state index in [1.165, 1.54) is 4.31 Å². The highest BCUT2D eigenvalue weighted by atomic mass is 32.2. The molecule has 0 N–H and O–H groups in total. The smallest absolute Gasteiger partial charge is 0.235 e. The van der Waals surface area contributed by atoms with Gasteiger partial charge in [0, 0.05) is 18.6 Å². The number of sulfonamides is 1. The van der Waals surface area contributed by atoms with Crippen LogP contribution >= 0.6 is 0 Å². The Morgan fingerprint density at radius 2 is 1.86 bits per heavy atom. The van der Waals surface area contributed by atoms with Gasteiger partial charge in [-0.3, -0.25) is 14.3 Å². The number of aromatic nitrogens is 2. The van der Waals surface area contributed by atoms with Gasteiger partial charge < -0.3 is 0 Å². The number of nitrogens with zero attached hydrogens (tertiary/aromatic N) is 3. The fraction of sp³-hybridized carbons (Fsp3) is 0.375. The van der Waals surface area contributed by atoms with Crippen molar-refractivity contribution in [1.29, 1.82) is 0 Å². The van der Waals surface area contributed by atoms with E-state index in [0.717, 1.165) is 6.42 Å². The molecule has 0 spiro atoms. The van der Waals surface area contributed by atoms with Crippen molar-refractivity contribution in [3.8, 4) is 0 Å². The van der Waals surface area contributed by atoms with Gasteiger partial charge in [-0.25, -0.2) is 8.42 Å². The molecule has 1 atom stereocenters. The van der Waals surface area contributed by atoms with Crippen LogP contribution in [-0.2, 0) is 16.6 Å². The molecule has 6 heteroatoms. The summed E-state index contributed by atoms with van der Waals surface area (Å²) in [4.78, 5) is 8.19. The summed E-state index contributed by atoms with van der Waals surface area (Å²) in [6, 6.07) is 8.91. The summed E-state index contributed by atoms with van der Waals surface area (Å²) in [6.45, 7) is 4.17. The first kappa shape index (κ1) is 16.4. The second kappa shape index (κ2) is 7.35. The van der Waals surface area contributed by atoms with Crippen LogP contribution in [-0.4, -0.2) is 24.1 Å². The maximum Gasteiger partial charge on any atom is 0.235 e. The van der Waals surface area contributed by atoms with E-state index < -0.39 is 10.0 Å². The SMILES string of the molecule is CCC(C)CS(=O)(=O)N(Cc1ccccn1)c1ccncc1. The summed E-state index contributed by atoms with van der Waals surface area (Å²) in [5.74, 6) is 0.233. The van der Waals surface area contributed by atoms with Crippen molar-refractivity contribution in [2.24, 2.45) is 5.92 Å². The second-order valence-corrected chi connectivity index (χ2v) is 7.26. The van der Waals surface area contributed by atoms with E-state index >= 15 is 0 Å². The maximum atomic E-state index is 12.8. The predicted octanol–water partition coefficient (Wildman–Crippen LogP) is 2.86. The van der Waals surface area contributed by atoms with E-state index in [-0.39, 0.29) is 18.2 Å². The molecule has 0 aliphatic carbocycles. The van der Waals surface area contributed by atoms with Gasteiger partial charge in [-0.05, 0) is 30.2 Å². The first-order valence-electron chi connectivity index (χ1n) is 7.33. The van der Waals surface area contributed by atoms with Crippen molar-refractivity contribution in [3.63, 3.8) is 0 Å². The minimum absolute atomic E-state index is 0.109. The summed E-state index contributed by atoms with van der Waals surface area (Å²) in [5, 5.41) is 0. The Labute approximate surface area is 132 Å². The van der Waals surface area contributed by atoms with Crippen LogP contribution in [0.1, 0.15) is 26.0 Å². The van der Waals surface area contributed by atoms with E-state index in [9.17, 15) is 8.42 Å². The summed E-state index contributed by atoms with van der Waals surface area (Å²) in [5.41, 5.74) is 1.33. The van der Waals surface area contributed by atoms with Crippen molar-refractivity contribution in [3.05, 3.63) is 54.6 Å².